The number of aliphatic hydroxyl groups excluding tert-OH is 1. The molecule has 0 radical (unpaired) electrons. The summed E-state index contributed by atoms with van der Waals surface area (Å²) in [5, 5.41) is 26.0. The molecule has 0 aromatic heterocycles. The summed E-state index contributed by atoms with van der Waals surface area (Å²) in [6.45, 7) is -0.375. The number of carbonyl (C=O) groups is 2. The third-order valence-corrected chi connectivity index (χ3v) is 1.74. The Bertz CT molecular complexity index is 461. The summed E-state index contributed by atoms with van der Waals surface area (Å²) in [5.41, 5.74) is -0.0596. The van der Waals surface area contributed by atoms with E-state index in [0.29, 0.717) is 0 Å². The van der Waals surface area contributed by atoms with Crippen LogP contribution in [0.4, 0.5) is 0 Å². The van der Waals surface area contributed by atoms with E-state index in [9.17, 15) is 9.59 Å². The summed E-state index contributed by atoms with van der Waals surface area (Å²) < 4.78 is 0. The molecule has 5 nitrogen and oxygen atoms in total. The zero-order valence-electron chi connectivity index (χ0n) is 8.10. The summed E-state index contributed by atoms with van der Waals surface area (Å²) in [6.07, 6.45) is 0. The van der Waals surface area contributed by atoms with Gasteiger partial charge in [-0.15, -0.1) is 0 Å². The van der Waals surface area contributed by atoms with Gasteiger partial charge in [-0.25, -0.2) is 9.59 Å². The Morgan fingerprint density at radius 1 is 1.06 bits per heavy atom. The summed E-state index contributed by atoms with van der Waals surface area (Å²) in [7, 11) is 0. The topological polar surface area (TPSA) is 94.8 Å². The first-order valence-corrected chi connectivity index (χ1v) is 4.26. The third kappa shape index (κ3) is 2.83. The molecule has 1 aromatic rings. The Labute approximate surface area is 91.0 Å². The molecule has 0 atom stereocenters. The van der Waals surface area contributed by atoms with Crippen molar-refractivity contribution < 1.29 is 24.9 Å². The molecule has 82 valence electrons. The number of benzene rings is 1. The summed E-state index contributed by atoms with van der Waals surface area (Å²) >= 11 is 0. The number of carboxylic acid groups (broad SMARTS) is 2. The summed E-state index contributed by atoms with van der Waals surface area (Å²) in [6, 6.07) is 3.55. The number of aromatic carboxylic acids is 2. The van der Waals surface area contributed by atoms with Crippen molar-refractivity contribution >= 4 is 11.9 Å². The quantitative estimate of drug-likeness (QED) is 0.628. The van der Waals surface area contributed by atoms with Gasteiger partial charge in [-0.05, 0) is 18.2 Å². The second kappa shape index (κ2) is 4.96. The van der Waals surface area contributed by atoms with Crippen molar-refractivity contribution in [3.05, 3.63) is 34.9 Å². The molecule has 3 N–H and O–H groups in total. The van der Waals surface area contributed by atoms with E-state index in [1.165, 1.54) is 12.1 Å². The van der Waals surface area contributed by atoms with Gasteiger partial charge in [0.1, 0.15) is 6.61 Å². The molecule has 1 rings (SSSR count). The van der Waals surface area contributed by atoms with E-state index in [1.807, 2.05) is 0 Å². The Kier molecular flexibility index (Phi) is 3.64. The molecule has 5 heteroatoms. The number of carboxylic acids is 2. The molecule has 0 spiro atoms. The summed E-state index contributed by atoms with van der Waals surface area (Å²) in [5.74, 6) is 2.32. The SMILES string of the molecule is O=C(O)c1cc(C#CCO)cc(C(=O)O)c1. The van der Waals surface area contributed by atoms with E-state index >= 15 is 0 Å². The predicted octanol–water partition coefficient (Wildman–Crippen LogP) is 0.427. The van der Waals surface area contributed by atoms with E-state index in [2.05, 4.69) is 11.8 Å². The Morgan fingerprint density at radius 3 is 1.94 bits per heavy atom. The lowest BCUT2D eigenvalue weighted by Crippen LogP contribution is -2.03. The minimum atomic E-state index is -1.23. The van der Waals surface area contributed by atoms with Crippen LogP contribution in [0.5, 0.6) is 0 Å². The summed E-state index contributed by atoms with van der Waals surface area (Å²) in [4.78, 5) is 21.4. The maximum atomic E-state index is 10.7. The van der Waals surface area contributed by atoms with Crippen LogP contribution in [-0.2, 0) is 0 Å². The van der Waals surface area contributed by atoms with E-state index in [1.54, 1.807) is 0 Å². The molecular weight excluding hydrogens is 212 g/mol. The standard InChI is InChI=1S/C11H8O5/c12-3-1-2-7-4-8(10(13)14)6-9(5-7)11(15)16/h4-6,12H,3H2,(H,13,14)(H,15,16). The lowest BCUT2D eigenvalue weighted by Gasteiger charge is -1.99. The fourth-order valence-corrected chi connectivity index (χ4v) is 1.09. The minimum Gasteiger partial charge on any atom is -0.478 e. The molecule has 0 saturated heterocycles. The molecule has 0 unspecified atom stereocenters. The van der Waals surface area contributed by atoms with Gasteiger partial charge in [0.25, 0.3) is 0 Å². The van der Waals surface area contributed by atoms with Crippen LogP contribution in [0.25, 0.3) is 0 Å². The molecule has 0 saturated carbocycles. The van der Waals surface area contributed by atoms with Crippen LogP contribution in [0.2, 0.25) is 0 Å². The fourth-order valence-electron chi connectivity index (χ4n) is 1.09. The molecule has 0 aliphatic heterocycles. The van der Waals surface area contributed by atoms with Crippen LogP contribution in [0.1, 0.15) is 26.3 Å². The van der Waals surface area contributed by atoms with Crippen LogP contribution in [0.15, 0.2) is 18.2 Å². The van der Waals surface area contributed by atoms with Crippen molar-refractivity contribution in [3.63, 3.8) is 0 Å². The molecular formula is C11H8O5. The van der Waals surface area contributed by atoms with E-state index in [4.69, 9.17) is 15.3 Å². The Balaban J connectivity index is 3.29. The minimum absolute atomic E-state index is 0.151. The maximum Gasteiger partial charge on any atom is 0.335 e. The highest BCUT2D eigenvalue weighted by Crippen LogP contribution is 2.10. The monoisotopic (exact) mass is 220 g/mol. The first kappa shape index (κ1) is 11.8. The molecule has 0 heterocycles. The average molecular weight is 220 g/mol. The molecule has 0 amide bonds. The van der Waals surface area contributed by atoms with Gasteiger partial charge in [-0.3, -0.25) is 0 Å². The first-order valence-electron chi connectivity index (χ1n) is 4.26. The number of hydrogen-bond acceptors (Lipinski definition) is 3. The second-order valence-electron chi connectivity index (χ2n) is 2.87. The van der Waals surface area contributed by atoms with Gasteiger partial charge >= 0.3 is 11.9 Å². The number of hydrogen-bond donors (Lipinski definition) is 3. The first-order chi connectivity index (χ1) is 7.54. The lowest BCUT2D eigenvalue weighted by atomic mass is 10.1. The highest BCUT2D eigenvalue weighted by Gasteiger charge is 2.10. The van der Waals surface area contributed by atoms with Crippen molar-refractivity contribution in [3.8, 4) is 11.8 Å². The zero-order valence-corrected chi connectivity index (χ0v) is 8.10. The van der Waals surface area contributed by atoms with Gasteiger partial charge in [-0.2, -0.15) is 0 Å². The Morgan fingerprint density at radius 2 is 1.56 bits per heavy atom. The number of aliphatic hydroxyl groups is 1. The van der Waals surface area contributed by atoms with Crippen LogP contribution in [0, 0.1) is 11.8 Å². The number of rotatable bonds is 2. The van der Waals surface area contributed by atoms with Crippen molar-refractivity contribution in [2.75, 3.05) is 6.61 Å². The molecule has 0 aliphatic rings. The largest absolute Gasteiger partial charge is 0.478 e. The Hall–Kier alpha value is -2.32. The van der Waals surface area contributed by atoms with Crippen molar-refractivity contribution in [2.45, 2.75) is 0 Å². The van der Waals surface area contributed by atoms with Gasteiger partial charge in [0, 0.05) is 5.56 Å². The van der Waals surface area contributed by atoms with Gasteiger partial charge in [0.05, 0.1) is 11.1 Å². The van der Waals surface area contributed by atoms with Gasteiger partial charge < -0.3 is 15.3 Å². The molecule has 1 aromatic carbocycles. The molecule has 0 fully saturated rings. The smallest absolute Gasteiger partial charge is 0.335 e. The highest BCUT2D eigenvalue weighted by molar-refractivity contribution is 5.94. The van der Waals surface area contributed by atoms with E-state index in [-0.39, 0.29) is 23.3 Å². The average Bonchev–Trinajstić information content (AvgIpc) is 2.25. The molecule has 0 bridgehead atoms. The van der Waals surface area contributed by atoms with Crippen LogP contribution in [-0.4, -0.2) is 33.9 Å². The van der Waals surface area contributed by atoms with Crippen LogP contribution < -0.4 is 0 Å². The maximum absolute atomic E-state index is 10.7. The van der Waals surface area contributed by atoms with E-state index < -0.39 is 11.9 Å². The van der Waals surface area contributed by atoms with Gasteiger partial charge in [0.15, 0.2) is 0 Å². The van der Waals surface area contributed by atoms with Crippen LogP contribution >= 0.6 is 0 Å². The third-order valence-electron chi connectivity index (χ3n) is 1.74. The highest BCUT2D eigenvalue weighted by atomic mass is 16.4. The van der Waals surface area contributed by atoms with Crippen molar-refractivity contribution in [2.24, 2.45) is 0 Å². The molecule has 16 heavy (non-hydrogen) atoms. The van der Waals surface area contributed by atoms with Gasteiger partial charge in [0.2, 0.25) is 0 Å². The molecule has 0 aliphatic carbocycles. The van der Waals surface area contributed by atoms with Gasteiger partial charge in [-0.1, -0.05) is 11.8 Å². The van der Waals surface area contributed by atoms with Crippen LogP contribution in [0.3, 0.4) is 0 Å². The lowest BCUT2D eigenvalue weighted by molar-refractivity contribution is 0.0696. The fraction of sp³-hybridized carbons (Fsp3) is 0.0909. The van der Waals surface area contributed by atoms with Crippen molar-refractivity contribution in [1.82, 2.24) is 0 Å². The normalized spacial score (nSPS) is 9.06. The zero-order chi connectivity index (χ0) is 12.1. The van der Waals surface area contributed by atoms with Crippen molar-refractivity contribution in [1.29, 1.82) is 0 Å². The predicted molar refractivity (Wildman–Crippen MR) is 54.3 cm³/mol. The second-order valence-corrected chi connectivity index (χ2v) is 2.87. The van der Waals surface area contributed by atoms with E-state index in [0.717, 1.165) is 6.07 Å².